The number of carboxylic acid groups (broad SMARTS) is 1. The summed E-state index contributed by atoms with van der Waals surface area (Å²) in [5.41, 5.74) is 6.76. The highest BCUT2D eigenvalue weighted by molar-refractivity contribution is 6.02. The van der Waals surface area contributed by atoms with E-state index in [4.69, 9.17) is 10.8 Å². The fourth-order valence-electron chi connectivity index (χ4n) is 1.90. The number of amides is 1. The maximum atomic E-state index is 11.9. The summed E-state index contributed by atoms with van der Waals surface area (Å²) in [4.78, 5) is 23.1. The second-order valence-corrected chi connectivity index (χ2v) is 5.03. The number of carbonyl (C=O) groups excluding carboxylic acids is 1. The number of aryl methyl sites for hydroxylation is 1. The minimum atomic E-state index is -1.06. The van der Waals surface area contributed by atoms with Gasteiger partial charge in [0.05, 0.1) is 17.3 Å². The van der Waals surface area contributed by atoms with Gasteiger partial charge in [0.1, 0.15) is 0 Å². The Labute approximate surface area is 112 Å². The Morgan fingerprint density at radius 1 is 1.37 bits per heavy atom. The fraction of sp³-hybridized carbons (Fsp3) is 0.429. The topological polar surface area (TPSA) is 92.4 Å². The van der Waals surface area contributed by atoms with E-state index in [1.165, 1.54) is 0 Å². The van der Waals surface area contributed by atoms with E-state index in [1.54, 1.807) is 25.1 Å². The third-order valence-corrected chi connectivity index (χ3v) is 2.81. The van der Waals surface area contributed by atoms with Crippen LogP contribution in [0.2, 0.25) is 0 Å². The van der Waals surface area contributed by atoms with Gasteiger partial charge in [-0.1, -0.05) is 26.0 Å². The lowest BCUT2D eigenvalue weighted by molar-refractivity contribution is -0.117. The molecule has 0 aliphatic carbocycles. The van der Waals surface area contributed by atoms with E-state index in [0.29, 0.717) is 17.9 Å². The smallest absolute Gasteiger partial charge is 0.338 e. The molecule has 0 heterocycles. The molecule has 0 aliphatic rings. The van der Waals surface area contributed by atoms with E-state index in [-0.39, 0.29) is 17.2 Å². The number of aromatic carboxylic acids is 1. The molecule has 1 aromatic rings. The van der Waals surface area contributed by atoms with E-state index in [2.05, 4.69) is 5.32 Å². The van der Waals surface area contributed by atoms with Crippen molar-refractivity contribution in [2.75, 3.05) is 5.32 Å². The molecular weight excluding hydrogens is 244 g/mol. The largest absolute Gasteiger partial charge is 0.478 e. The molecule has 4 N–H and O–H groups in total. The molecule has 0 spiro atoms. The molecule has 0 saturated heterocycles. The van der Waals surface area contributed by atoms with E-state index in [9.17, 15) is 9.59 Å². The Hall–Kier alpha value is -1.88. The Kier molecular flexibility index (Phi) is 5.06. The van der Waals surface area contributed by atoms with Gasteiger partial charge in [0.15, 0.2) is 0 Å². The Morgan fingerprint density at radius 3 is 2.53 bits per heavy atom. The zero-order valence-corrected chi connectivity index (χ0v) is 11.4. The zero-order valence-electron chi connectivity index (χ0n) is 11.4. The molecular formula is C14H20N2O3. The third-order valence-electron chi connectivity index (χ3n) is 2.81. The van der Waals surface area contributed by atoms with Gasteiger partial charge in [-0.2, -0.15) is 0 Å². The summed E-state index contributed by atoms with van der Waals surface area (Å²) in [6.45, 7) is 5.64. The highest BCUT2D eigenvalue weighted by Gasteiger charge is 2.19. The van der Waals surface area contributed by atoms with Crippen LogP contribution in [-0.2, 0) is 4.79 Å². The number of nitrogens with two attached hydrogens (primary N) is 1. The third kappa shape index (κ3) is 4.06. The quantitative estimate of drug-likeness (QED) is 0.758. The van der Waals surface area contributed by atoms with Crippen LogP contribution in [-0.4, -0.2) is 23.0 Å². The van der Waals surface area contributed by atoms with Gasteiger partial charge < -0.3 is 16.2 Å². The summed E-state index contributed by atoms with van der Waals surface area (Å²) in [6.07, 6.45) is 0.556. The van der Waals surface area contributed by atoms with Gasteiger partial charge >= 0.3 is 5.97 Å². The average molecular weight is 264 g/mol. The molecule has 0 saturated carbocycles. The first kappa shape index (κ1) is 15.2. The van der Waals surface area contributed by atoms with Gasteiger partial charge in [0.2, 0.25) is 5.91 Å². The molecule has 0 aliphatic heterocycles. The molecule has 1 amide bonds. The summed E-state index contributed by atoms with van der Waals surface area (Å²) in [5.74, 6) is -1.12. The number of nitrogens with one attached hydrogen (secondary N) is 1. The van der Waals surface area contributed by atoms with Gasteiger partial charge in [-0.25, -0.2) is 4.79 Å². The van der Waals surface area contributed by atoms with Crippen LogP contribution in [0.15, 0.2) is 18.2 Å². The van der Waals surface area contributed by atoms with Gasteiger partial charge in [0, 0.05) is 0 Å². The first-order valence-electron chi connectivity index (χ1n) is 6.22. The van der Waals surface area contributed by atoms with Crippen LogP contribution in [0.5, 0.6) is 0 Å². The predicted molar refractivity (Wildman–Crippen MR) is 74.2 cm³/mol. The first-order valence-corrected chi connectivity index (χ1v) is 6.22. The normalized spacial score (nSPS) is 12.3. The number of carboxylic acids is 1. The number of rotatable bonds is 5. The van der Waals surface area contributed by atoms with Crippen LogP contribution in [0, 0.1) is 12.8 Å². The maximum Gasteiger partial charge on any atom is 0.338 e. The molecule has 5 nitrogen and oxygen atoms in total. The van der Waals surface area contributed by atoms with Crippen molar-refractivity contribution in [3.63, 3.8) is 0 Å². The van der Waals surface area contributed by atoms with Crippen molar-refractivity contribution in [1.29, 1.82) is 0 Å². The Bertz CT molecular complexity index is 484. The van der Waals surface area contributed by atoms with Crippen molar-refractivity contribution < 1.29 is 14.7 Å². The maximum absolute atomic E-state index is 11.9. The van der Waals surface area contributed by atoms with Gasteiger partial charge in [0.25, 0.3) is 0 Å². The van der Waals surface area contributed by atoms with Gasteiger partial charge in [-0.3, -0.25) is 4.79 Å². The van der Waals surface area contributed by atoms with Crippen LogP contribution in [0.4, 0.5) is 5.69 Å². The Balaban J connectivity index is 2.91. The van der Waals surface area contributed by atoms with E-state index in [0.717, 1.165) is 0 Å². The SMILES string of the molecule is Cc1cccc(NC(=O)[C@@H](N)CC(C)C)c1C(=O)O. The second kappa shape index (κ2) is 6.33. The molecule has 5 heteroatoms. The summed E-state index contributed by atoms with van der Waals surface area (Å²) in [6, 6.07) is 4.32. The van der Waals surface area contributed by atoms with Crippen molar-refractivity contribution >= 4 is 17.6 Å². The standard InChI is InChI=1S/C14H20N2O3/c1-8(2)7-10(15)13(17)16-11-6-4-5-9(3)12(11)14(18)19/h4-6,8,10H,7,15H2,1-3H3,(H,16,17)(H,18,19)/t10-/m0/s1. The lowest BCUT2D eigenvalue weighted by atomic mass is 10.0. The molecule has 1 aromatic carbocycles. The van der Waals surface area contributed by atoms with Crippen LogP contribution in [0.3, 0.4) is 0 Å². The summed E-state index contributed by atoms with van der Waals surface area (Å²) < 4.78 is 0. The zero-order chi connectivity index (χ0) is 14.6. The Morgan fingerprint density at radius 2 is 2.00 bits per heavy atom. The van der Waals surface area contributed by atoms with Crippen molar-refractivity contribution in [2.24, 2.45) is 11.7 Å². The predicted octanol–water partition coefficient (Wildman–Crippen LogP) is 2.01. The summed E-state index contributed by atoms with van der Waals surface area (Å²) in [7, 11) is 0. The molecule has 0 radical (unpaired) electrons. The molecule has 1 atom stereocenters. The van der Waals surface area contributed by atoms with Gasteiger partial charge in [-0.05, 0) is 30.9 Å². The first-order chi connectivity index (χ1) is 8.82. The van der Waals surface area contributed by atoms with Crippen molar-refractivity contribution in [3.8, 4) is 0 Å². The van der Waals surface area contributed by atoms with Crippen molar-refractivity contribution in [2.45, 2.75) is 33.2 Å². The number of benzene rings is 1. The number of carbonyl (C=O) groups is 2. The number of hydrogen-bond acceptors (Lipinski definition) is 3. The number of hydrogen-bond donors (Lipinski definition) is 3. The highest BCUT2D eigenvalue weighted by Crippen LogP contribution is 2.20. The van der Waals surface area contributed by atoms with Crippen molar-refractivity contribution in [3.05, 3.63) is 29.3 Å². The molecule has 0 aromatic heterocycles. The lowest BCUT2D eigenvalue weighted by Crippen LogP contribution is -2.37. The molecule has 19 heavy (non-hydrogen) atoms. The van der Waals surface area contributed by atoms with Crippen LogP contribution >= 0.6 is 0 Å². The average Bonchev–Trinajstić information content (AvgIpc) is 2.27. The molecule has 0 bridgehead atoms. The van der Waals surface area contributed by atoms with Crippen molar-refractivity contribution in [1.82, 2.24) is 0 Å². The summed E-state index contributed by atoms with van der Waals surface area (Å²) >= 11 is 0. The molecule has 0 fully saturated rings. The minimum absolute atomic E-state index is 0.104. The van der Waals surface area contributed by atoms with Crippen LogP contribution in [0.25, 0.3) is 0 Å². The fourth-order valence-corrected chi connectivity index (χ4v) is 1.90. The van der Waals surface area contributed by atoms with E-state index >= 15 is 0 Å². The van der Waals surface area contributed by atoms with Crippen LogP contribution in [0.1, 0.15) is 36.2 Å². The van der Waals surface area contributed by atoms with E-state index in [1.807, 2.05) is 13.8 Å². The minimum Gasteiger partial charge on any atom is -0.478 e. The monoisotopic (exact) mass is 264 g/mol. The van der Waals surface area contributed by atoms with Crippen LogP contribution < -0.4 is 11.1 Å². The number of anilines is 1. The molecule has 0 unspecified atom stereocenters. The van der Waals surface area contributed by atoms with Gasteiger partial charge in [-0.15, -0.1) is 0 Å². The molecule has 104 valence electrons. The highest BCUT2D eigenvalue weighted by atomic mass is 16.4. The van der Waals surface area contributed by atoms with E-state index < -0.39 is 12.0 Å². The molecule has 1 rings (SSSR count). The second-order valence-electron chi connectivity index (χ2n) is 5.03. The lowest BCUT2D eigenvalue weighted by Gasteiger charge is -2.16. The summed E-state index contributed by atoms with van der Waals surface area (Å²) in [5, 5.41) is 11.8.